The van der Waals surface area contributed by atoms with Gasteiger partial charge in [0.2, 0.25) is 0 Å². The second-order valence-electron chi connectivity index (χ2n) is 45.9. The van der Waals surface area contributed by atoms with Gasteiger partial charge in [-0.15, -0.1) is 0 Å². The quantitative estimate of drug-likeness (QED) is 0.0249. The monoisotopic (exact) mass is 1850 g/mol. The fourth-order valence-electron chi connectivity index (χ4n) is 16.4. The molecule has 0 aliphatic rings. The zero-order chi connectivity index (χ0) is 96.8. The standard InChI is InChI=1S/4C29H50O2S/c4*1-8-9-10-11-12-13-14-15-16-17-18-19-20-26(32)31-23-21-24(28(2,3)4)27(30)25(22-23)29(5,6)7/h4*21-22,30H,8-20H2,1-7H3. The molecule has 0 atom stereocenters. The lowest BCUT2D eigenvalue weighted by Crippen LogP contribution is -2.18. The molecule has 736 valence electrons. The maximum Gasteiger partial charge on any atom is 0.167 e. The van der Waals surface area contributed by atoms with Crippen molar-refractivity contribution in [2.75, 3.05) is 0 Å². The molecule has 12 heteroatoms. The lowest BCUT2D eigenvalue weighted by molar-refractivity contribution is 0.418. The Hall–Kier alpha value is -4.36. The van der Waals surface area contributed by atoms with Gasteiger partial charge in [0.15, 0.2) is 20.2 Å². The van der Waals surface area contributed by atoms with Gasteiger partial charge in [0, 0.05) is 70.2 Å². The number of thiocarbonyl (C=S) groups is 4. The summed E-state index contributed by atoms with van der Waals surface area (Å²) in [5.41, 5.74) is 5.95. The second-order valence-corrected chi connectivity index (χ2v) is 47.7. The molecule has 128 heavy (non-hydrogen) atoms. The first-order chi connectivity index (χ1) is 59.9. The summed E-state index contributed by atoms with van der Waals surface area (Å²) in [4.78, 5) is 0. The molecule has 0 saturated carbocycles. The normalized spacial score (nSPS) is 12.2. The largest absolute Gasteiger partial charge is 0.507 e. The first kappa shape index (κ1) is 122. The van der Waals surface area contributed by atoms with Crippen LogP contribution in [0.2, 0.25) is 0 Å². The van der Waals surface area contributed by atoms with Crippen molar-refractivity contribution in [3.8, 4) is 46.0 Å². The molecule has 4 N–H and O–H groups in total. The van der Waals surface area contributed by atoms with Crippen molar-refractivity contribution in [3.05, 3.63) is 93.0 Å². The number of phenols is 4. The molecule has 0 aromatic heterocycles. The van der Waals surface area contributed by atoms with E-state index < -0.39 is 0 Å². The van der Waals surface area contributed by atoms with Gasteiger partial charge in [-0.05, 0) is 166 Å². The van der Waals surface area contributed by atoms with Crippen LogP contribution in [0.4, 0.5) is 0 Å². The van der Waals surface area contributed by atoms with Gasteiger partial charge in [-0.3, -0.25) is 0 Å². The number of unbranched alkanes of at least 4 members (excludes halogenated alkanes) is 44. The van der Waals surface area contributed by atoms with E-state index in [1.54, 1.807) is 0 Å². The molecule has 0 aliphatic heterocycles. The van der Waals surface area contributed by atoms with Gasteiger partial charge in [-0.1, -0.05) is 476 Å². The number of phenolic OH excluding ortho intramolecular Hbond substituents is 4. The average Bonchev–Trinajstić information content (AvgIpc) is 0.800. The zero-order valence-corrected chi connectivity index (χ0v) is 91.7. The maximum absolute atomic E-state index is 10.9. The molecule has 0 heterocycles. The minimum absolute atomic E-state index is 0.166. The van der Waals surface area contributed by atoms with E-state index in [1.165, 1.54) is 283 Å². The number of hydrogen-bond acceptors (Lipinski definition) is 12. The Bertz CT molecular complexity index is 3060. The van der Waals surface area contributed by atoms with Crippen LogP contribution in [0.25, 0.3) is 0 Å². The van der Waals surface area contributed by atoms with E-state index in [0.29, 0.717) is 43.2 Å². The molecule has 0 aliphatic carbocycles. The highest BCUT2D eigenvalue weighted by Gasteiger charge is 2.32. The molecule has 0 radical (unpaired) electrons. The van der Waals surface area contributed by atoms with Crippen LogP contribution < -0.4 is 18.9 Å². The number of ether oxygens (including phenoxy) is 4. The Morgan fingerprint density at radius 2 is 0.273 bits per heavy atom. The summed E-state index contributed by atoms with van der Waals surface area (Å²) in [6, 6.07) is 15.7. The minimum Gasteiger partial charge on any atom is -0.507 e. The molecule has 4 aromatic rings. The summed E-state index contributed by atoms with van der Waals surface area (Å²) in [6.45, 7) is 59.8. The smallest absolute Gasteiger partial charge is 0.167 e. The third kappa shape index (κ3) is 54.9. The van der Waals surface area contributed by atoms with Crippen LogP contribution in [-0.4, -0.2) is 40.6 Å². The molecule has 0 amide bonds. The van der Waals surface area contributed by atoms with Gasteiger partial charge in [0.05, 0.1) is 0 Å². The molecule has 0 bridgehead atoms. The Morgan fingerprint density at radius 3 is 0.367 bits per heavy atom. The second kappa shape index (κ2) is 64.6. The predicted octanol–water partition coefficient (Wildman–Crippen LogP) is 39.1. The Kier molecular flexibility index (Phi) is 61.4. The van der Waals surface area contributed by atoms with Gasteiger partial charge in [-0.2, -0.15) is 0 Å². The van der Waals surface area contributed by atoms with Crippen molar-refractivity contribution in [2.45, 2.75) is 571 Å². The topological polar surface area (TPSA) is 118 Å². The lowest BCUT2D eigenvalue weighted by Gasteiger charge is -2.28. The summed E-state index contributed by atoms with van der Waals surface area (Å²) < 4.78 is 24.2. The van der Waals surface area contributed by atoms with E-state index in [2.05, 4.69) is 194 Å². The summed E-state index contributed by atoms with van der Waals surface area (Å²) >= 11 is 22.1. The first-order valence-electron chi connectivity index (χ1n) is 52.2. The van der Waals surface area contributed by atoms with Crippen molar-refractivity contribution < 1.29 is 39.4 Å². The van der Waals surface area contributed by atoms with Crippen LogP contribution in [-0.2, 0) is 43.3 Å². The van der Waals surface area contributed by atoms with Gasteiger partial charge in [-0.25, -0.2) is 0 Å². The van der Waals surface area contributed by atoms with E-state index in [1.807, 2.05) is 48.5 Å². The SMILES string of the molecule is CCCCCCCCCCCCCCC(=S)Oc1cc(C(C)(C)C)c(O)c(C(C)(C)C)c1.CCCCCCCCCCCCCCC(=S)Oc1cc(C(C)(C)C)c(O)c(C(C)(C)C)c1.CCCCCCCCCCCCCCC(=S)Oc1cc(C(C)(C)C)c(O)c(C(C)(C)C)c1.CCCCCCCCCCCCCCC(=S)Oc1cc(C(C)(C)C)c(O)c(C(C)(C)C)c1. The third-order valence-electron chi connectivity index (χ3n) is 24.7. The lowest BCUT2D eigenvalue weighted by atomic mass is 9.79. The summed E-state index contributed by atoms with van der Waals surface area (Å²) in [7, 11) is 0. The number of benzene rings is 4. The highest BCUT2D eigenvalue weighted by Crippen LogP contribution is 2.47. The molecule has 8 nitrogen and oxygen atoms in total. The molecular weight excluding hydrogens is 1650 g/mol. The van der Waals surface area contributed by atoms with Crippen molar-refractivity contribution >= 4 is 69.1 Å². The molecule has 0 unspecified atom stereocenters. The highest BCUT2D eigenvalue weighted by molar-refractivity contribution is 7.80. The molecule has 4 rings (SSSR count). The van der Waals surface area contributed by atoms with E-state index >= 15 is 0 Å². The van der Waals surface area contributed by atoms with Crippen LogP contribution in [0, 0.1) is 0 Å². The average molecular weight is 1850 g/mol. The Balaban J connectivity index is 0.000000853. The third-order valence-corrected chi connectivity index (χ3v) is 25.8. The number of rotatable bonds is 56. The zero-order valence-electron chi connectivity index (χ0n) is 88.4. The molecular formula is C116H200O8S4. The number of aromatic hydroxyl groups is 4. The molecule has 4 aromatic carbocycles. The van der Waals surface area contributed by atoms with Crippen LogP contribution in [0.1, 0.15) is 572 Å². The van der Waals surface area contributed by atoms with Crippen molar-refractivity contribution in [3.63, 3.8) is 0 Å². The van der Waals surface area contributed by atoms with Gasteiger partial charge in [0.1, 0.15) is 46.0 Å². The van der Waals surface area contributed by atoms with Crippen LogP contribution in [0.15, 0.2) is 48.5 Å². The van der Waals surface area contributed by atoms with Crippen molar-refractivity contribution in [2.24, 2.45) is 0 Å². The van der Waals surface area contributed by atoms with Crippen LogP contribution in [0.5, 0.6) is 46.0 Å². The maximum atomic E-state index is 10.9. The van der Waals surface area contributed by atoms with Crippen LogP contribution in [0.3, 0.4) is 0 Å². The Labute approximate surface area is 812 Å². The van der Waals surface area contributed by atoms with E-state index in [-0.39, 0.29) is 43.3 Å². The fourth-order valence-corrected chi connectivity index (χ4v) is 17.4. The molecule has 0 fully saturated rings. The van der Waals surface area contributed by atoms with Gasteiger partial charge in [0.25, 0.3) is 0 Å². The summed E-state index contributed by atoms with van der Waals surface area (Å²) in [5, 5.41) is 46.0. The van der Waals surface area contributed by atoms with E-state index in [4.69, 9.17) is 67.8 Å². The van der Waals surface area contributed by atoms with Gasteiger partial charge < -0.3 is 39.4 Å². The first-order valence-corrected chi connectivity index (χ1v) is 53.8. The predicted molar refractivity (Wildman–Crippen MR) is 578 cm³/mol. The van der Waals surface area contributed by atoms with E-state index in [0.717, 1.165) is 119 Å². The van der Waals surface area contributed by atoms with Crippen molar-refractivity contribution in [1.82, 2.24) is 0 Å². The van der Waals surface area contributed by atoms with Crippen LogP contribution >= 0.6 is 48.9 Å². The van der Waals surface area contributed by atoms with Gasteiger partial charge >= 0.3 is 0 Å². The Morgan fingerprint density at radius 1 is 0.180 bits per heavy atom. The number of hydrogen-bond donors (Lipinski definition) is 4. The van der Waals surface area contributed by atoms with Crippen molar-refractivity contribution in [1.29, 1.82) is 0 Å². The summed E-state index contributed by atoms with van der Waals surface area (Å²) in [6.07, 6.45) is 67.6. The summed E-state index contributed by atoms with van der Waals surface area (Å²) in [5.74, 6) is 4.52. The molecule has 0 saturated heterocycles. The highest BCUT2D eigenvalue weighted by atomic mass is 32.1. The van der Waals surface area contributed by atoms with E-state index in [9.17, 15) is 20.4 Å². The molecule has 0 spiro atoms. The fraction of sp³-hybridized carbons (Fsp3) is 0.759. The minimum atomic E-state index is -0.166.